The van der Waals surface area contributed by atoms with Gasteiger partial charge in [0.25, 0.3) is 0 Å². The molecule has 0 aromatic heterocycles. The Labute approximate surface area is 109 Å². The Kier molecular flexibility index (Phi) is 5.30. The lowest BCUT2D eigenvalue weighted by molar-refractivity contribution is 0.000712. The lowest BCUT2D eigenvalue weighted by Gasteiger charge is -2.34. The summed E-state index contributed by atoms with van der Waals surface area (Å²) in [5, 5.41) is 0. The molecule has 1 aliphatic heterocycles. The minimum Gasteiger partial charge on any atom is -0.378 e. The topological polar surface area (TPSA) is 12.5 Å². The largest absolute Gasteiger partial charge is 0.378 e. The summed E-state index contributed by atoms with van der Waals surface area (Å²) in [5.41, 5.74) is 1.42. The fourth-order valence-electron chi connectivity index (χ4n) is 2.26. The molecule has 1 fully saturated rings. The summed E-state index contributed by atoms with van der Waals surface area (Å²) in [4.78, 5) is 2.46. The van der Waals surface area contributed by atoms with Crippen LogP contribution in [0.25, 0.3) is 0 Å². The fourth-order valence-corrected chi connectivity index (χ4v) is 2.54. The molecule has 1 heterocycles. The summed E-state index contributed by atoms with van der Waals surface area (Å²) >= 11 is 5.95. The highest BCUT2D eigenvalue weighted by atomic mass is 35.5. The summed E-state index contributed by atoms with van der Waals surface area (Å²) in [6, 6.07) is 11.1. The van der Waals surface area contributed by atoms with E-state index in [9.17, 15) is 0 Å². The van der Waals surface area contributed by atoms with Crippen LogP contribution in [0.3, 0.4) is 0 Å². The molecule has 94 valence electrons. The molecule has 1 aromatic rings. The number of hydrogen-bond donors (Lipinski definition) is 0. The van der Waals surface area contributed by atoms with Gasteiger partial charge in [-0.3, -0.25) is 4.90 Å². The van der Waals surface area contributed by atoms with Gasteiger partial charge in [0, 0.05) is 18.5 Å². The number of benzene rings is 1. The van der Waals surface area contributed by atoms with Crippen LogP contribution in [0.5, 0.6) is 0 Å². The molecule has 0 N–H and O–H groups in total. The molecule has 17 heavy (non-hydrogen) atoms. The Balaban J connectivity index is 1.74. The minimum atomic E-state index is 0.404. The van der Waals surface area contributed by atoms with Crippen molar-refractivity contribution in [1.82, 2.24) is 4.90 Å². The van der Waals surface area contributed by atoms with Gasteiger partial charge in [0.15, 0.2) is 0 Å². The average molecular weight is 254 g/mol. The SMILES string of the molecule is ClCC1COCCN1CCCc1ccccc1. The highest BCUT2D eigenvalue weighted by Crippen LogP contribution is 2.10. The molecular weight excluding hydrogens is 234 g/mol. The van der Waals surface area contributed by atoms with Crippen molar-refractivity contribution in [3.63, 3.8) is 0 Å². The van der Waals surface area contributed by atoms with Gasteiger partial charge in [-0.15, -0.1) is 11.6 Å². The first kappa shape index (κ1) is 12.9. The van der Waals surface area contributed by atoms with E-state index in [4.69, 9.17) is 16.3 Å². The Morgan fingerprint density at radius 3 is 2.88 bits per heavy atom. The molecule has 1 aliphatic rings. The van der Waals surface area contributed by atoms with Crippen molar-refractivity contribution in [2.45, 2.75) is 18.9 Å². The van der Waals surface area contributed by atoms with Crippen molar-refractivity contribution in [1.29, 1.82) is 0 Å². The number of aryl methyl sites for hydroxylation is 1. The molecule has 2 nitrogen and oxygen atoms in total. The van der Waals surface area contributed by atoms with Crippen LogP contribution >= 0.6 is 11.6 Å². The van der Waals surface area contributed by atoms with Crippen LogP contribution in [0, 0.1) is 0 Å². The molecule has 1 aromatic carbocycles. The highest BCUT2D eigenvalue weighted by molar-refractivity contribution is 6.18. The van der Waals surface area contributed by atoms with Gasteiger partial charge in [-0.25, -0.2) is 0 Å². The third-order valence-corrected chi connectivity index (χ3v) is 3.64. The van der Waals surface area contributed by atoms with Crippen LogP contribution in [0.4, 0.5) is 0 Å². The Morgan fingerprint density at radius 1 is 1.29 bits per heavy atom. The number of morpholine rings is 1. The van der Waals surface area contributed by atoms with E-state index in [2.05, 4.69) is 35.2 Å². The van der Waals surface area contributed by atoms with Crippen molar-refractivity contribution in [3.8, 4) is 0 Å². The summed E-state index contributed by atoms with van der Waals surface area (Å²) < 4.78 is 5.44. The van der Waals surface area contributed by atoms with E-state index in [1.165, 1.54) is 12.0 Å². The Morgan fingerprint density at radius 2 is 2.12 bits per heavy atom. The van der Waals surface area contributed by atoms with Crippen LogP contribution in [0.15, 0.2) is 30.3 Å². The molecule has 0 spiro atoms. The van der Waals surface area contributed by atoms with Crippen molar-refractivity contribution >= 4 is 11.6 Å². The van der Waals surface area contributed by atoms with Crippen molar-refractivity contribution < 1.29 is 4.74 Å². The number of rotatable bonds is 5. The molecule has 1 atom stereocenters. The van der Waals surface area contributed by atoms with Gasteiger partial charge in [0.05, 0.1) is 13.2 Å². The first-order chi connectivity index (χ1) is 8.40. The Bertz CT molecular complexity index is 317. The van der Waals surface area contributed by atoms with E-state index in [0.29, 0.717) is 11.9 Å². The zero-order chi connectivity index (χ0) is 11.9. The van der Waals surface area contributed by atoms with Gasteiger partial charge >= 0.3 is 0 Å². The molecular formula is C14H20ClNO. The van der Waals surface area contributed by atoms with E-state index in [1.54, 1.807) is 0 Å². The van der Waals surface area contributed by atoms with Crippen molar-refractivity contribution in [3.05, 3.63) is 35.9 Å². The monoisotopic (exact) mass is 253 g/mol. The third kappa shape index (κ3) is 3.98. The number of hydrogen-bond acceptors (Lipinski definition) is 2. The first-order valence-corrected chi connectivity index (χ1v) is 6.85. The van der Waals surface area contributed by atoms with Crippen LogP contribution in [0.2, 0.25) is 0 Å². The summed E-state index contributed by atoms with van der Waals surface area (Å²) in [7, 11) is 0. The quantitative estimate of drug-likeness (QED) is 0.748. The minimum absolute atomic E-state index is 0.404. The molecule has 1 saturated heterocycles. The van der Waals surface area contributed by atoms with E-state index >= 15 is 0 Å². The standard InChI is InChI=1S/C14H20ClNO/c15-11-14-12-17-10-9-16(14)8-4-7-13-5-2-1-3-6-13/h1-3,5-6,14H,4,7-12H2. The van der Waals surface area contributed by atoms with Crippen LogP contribution in [-0.2, 0) is 11.2 Å². The summed E-state index contributed by atoms with van der Waals surface area (Å²) in [5.74, 6) is 0.672. The van der Waals surface area contributed by atoms with E-state index in [-0.39, 0.29) is 0 Å². The number of ether oxygens (including phenoxy) is 1. The Hall–Kier alpha value is -0.570. The van der Waals surface area contributed by atoms with Crippen LogP contribution in [-0.4, -0.2) is 43.1 Å². The molecule has 0 saturated carbocycles. The van der Waals surface area contributed by atoms with Gasteiger partial charge in [-0.1, -0.05) is 30.3 Å². The average Bonchev–Trinajstić information content (AvgIpc) is 2.40. The van der Waals surface area contributed by atoms with Gasteiger partial charge in [-0.2, -0.15) is 0 Å². The molecule has 0 amide bonds. The lowest BCUT2D eigenvalue weighted by atomic mass is 10.1. The number of halogens is 1. The zero-order valence-electron chi connectivity index (χ0n) is 10.1. The second kappa shape index (κ2) is 7.00. The van der Waals surface area contributed by atoms with Gasteiger partial charge in [0.2, 0.25) is 0 Å². The smallest absolute Gasteiger partial charge is 0.0634 e. The normalized spacial score (nSPS) is 21.6. The maximum absolute atomic E-state index is 5.95. The van der Waals surface area contributed by atoms with E-state index < -0.39 is 0 Å². The van der Waals surface area contributed by atoms with Gasteiger partial charge < -0.3 is 4.74 Å². The number of nitrogens with zero attached hydrogens (tertiary/aromatic N) is 1. The van der Waals surface area contributed by atoms with Crippen molar-refractivity contribution in [2.24, 2.45) is 0 Å². The predicted molar refractivity (Wildman–Crippen MR) is 71.7 cm³/mol. The third-order valence-electron chi connectivity index (χ3n) is 3.28. The van der Waals surface area contributed by atoms with Crippen molar-refractivity contribution in [2.75, 3.05) is 32.2 Å². The maximum Gasteiger partial charge on any atom is 0.0634 e. The highest BCUT2D eigenvalue weighted by Gasteiger charge is 2.21. The maximum atomic E-state index is 5.95. The fraction of sp³-hybridized carbons (Fsp3) is 0.571. The van der Waals surface area contributed by atoms with E-state index in [1.807, 2.05) is 0 Å². The predicted octanol–water partition coefficient (Wildman–Crippen LogP) is 2.56. The van der Waals surface area contributed by atoms with Crippen LogP contribution in [0.1, 0.15) is 12.0 Å². The second-order valence-corrected chi connectivity index (χ2v) is 4.82. The van der Waals surface area contributed by atoms with Gasteiger partial charge in [-0.05, 0) is 24.9 Å². The second-order valence-electron chi connectivity index (χ2n) is 4.51. The molecule has 0 aliphatic carbocycles. The summed E-state index contributed by atoms with van der Waals surface area (Å²) in [6.45, 7) is 3.77. The van der Waals surface area contributed by atoms with Gasteiger partial charge in [0.1, 0.15) is 0 Å². The van der Waals surface area contributed by atoms with Crippen LogP contribution < -0.4 is 0 Å². The zero-order valence-corrected chi connectivity index (χ0v) is 10.9. The number of alkyl halides is 1. The van der Waals surface area contributed by atoms with E-state index in [0.717, 1.165) is 32.7 Å². The summed E-state index contributed by atoms with van der Waals surface area (Å²) in [6.07, 6.45) is 2.34. The molecule has 0 radical (unpaired) electrons. The molecule has 0 bridgehead atoms. The lowest BCUT2D eigenvalue weighted by Crippen LogP contribution is -2.46. The molecule has 1 unspecified atom stereocenters. The first-order valence-electron chi connectivity index (χ1n) is 6.32. The molecule has 2 rings (SSSR count). The molecule has 3 heteroatoms.